The highest BCUT2D eigenvalue weighted by Crippen LogP contribution is 2.34. The standard InChI is InChI=1S/C18H17FN2O2S/c19-14-5-3-4-13(10-14)11-20-17(22)8-9-21-15-6-1-2-7-16(15)24-12-18(21)23/h1-7,10H,8-9,11-12H2,(H,20,22). The van der Waals surface area contributed by atoms with Crippen molar-refractivity contribution >= 4 is 29.3 Å². The van der Waals surface area contributed by atoms with E-state index in [2.05, 4.69) is 5.32 Å². The Bertz CT molecular complexity index is 766. The molecule has 0 saturated carbocycles. The van der Waals surface area contributed by atoms with Crippen LogP contribution in [0.2, 0.25) is 0 Å². The van der Waals surface area contributed by atoms with Crippen LogP contribution in [0.25, 0.3) is 0 Å². The summed E-state index contributed by atoms with van der Waals surface area (Å²) in [4.78, 5) is 26.8. The molecule has 0 radical (unpaired) electrons. The SMILES string of the molecule is O=C(CCN1C(=O)CSc2ccccc21)NCc1cccc(F)c1. The van der Waals surface area contributed by atoms with Crippen LogP contribution in [0.1, 0.15) is 12.0 Å². The minimum atomic E-state index is -0.324. The number of thioether (sulfide) groups is 1. The molecule has 0 bridgehead atoms. The molecule has 1 heterocycles. The number of halogens is 1. The van der Waals surface area contributed by atoms with Gasteiger partial charge in [-0.3, -0.25) is 9.59 Å². The van der Waals surface area contributed by atoms with Crippen LogP contribution in [0.15, 0.2) is 53.4 Å². The third-order valence-corrected chi connectivity index (χ3v) is 4.80. The Labute approximate surface area is 144 Å². The number of hydrogen-bond acceptors (Lipinski definition) is 3. The molecule has 0 atom stereocenters. The van der Waals surface area contributed by atoms with Crippen LogP contribution in [0, 0.1) is 5.82 Å². The molecule has 1 N–H and O–H groups in total. The zero-order valence-electron chi connectivity index (χ0n) is 13.0. The second-order valence-corrected chi connectivity index (χ2v) is 6.48. The van der Waals surface area contributed by atoms with E-state index in [1.54, 1.807) is 17.0 Å². The van der Waals surface area contributed by atoms with Gasteiger partial charge in [-0.2, -0.15) is 0 Å². The predicted molar refractivity (Wildman–Crippen MR) is 92.4 cm³/mol. The molecule has 3 rings (SSSR count). The van der Waals surface area contributed by atoms with Crippen LogP contribution in [-0.2, 0) is 16.1 Å². The summed E-state index contributed by atoms with van der Waals surface area (Å²) in [6.45, 7) is 0.613. The van der Waals surface area contributed by atoms with Gasteiger partial charge in [-0.25, -0.2) is 4.39 Å². The van der Waals surface area contributed by atoms with E-state index in [1.165, 1.54) is 23.9 Å². The lowest BCUT2D eigenvalue weighted by molar-refractivity contribution is -0.121. The van der Waals surface area contributed by atoms with Gasteiger partial charge in [-0.05, 0) is 29.8 Å². The summed E-state index contributed by atoms with van der Waals surface area (Å²) >= 11 is 1.52. The molecule has 124 valence electrons. The maximum Gasteiger partial charge on any atom is 0.237 e. The highest BCUT2D eigenvalue weighted by molar-refractivity contribution is 8.00. The fraction of sp³-hybridized carbons (Fsp3) is 0.222. The second kappa shape index (κ2) is 7.49. The van der Waals surface area contributed by atoms with E-state index < -0.39 is 0 Å². The number of nitrogens with zero attached hydrogens (tertiary/aromatic N) is 1. The van der Waals surface area contributed by atoms with E-state index in [4.69, 9.17) is 0 Å². The van der Waals surface area contributed by atoms with Gasteiger partial charge < -0.3 is 10.2 Å². The van der Waals surface area contributed by atoms with E-state index in [0.717, 1.165) is 10.6 Å². The average molecular weight is 344 g/mol. The fourth-order valence-corrected chi connectivity index (χ4v) is 3.48. The van der Waals surface area contributed by atoms with Crippen LogP contribution in [0.4, 0.5) is 10.1 Å². The molecule has 0 aliphatic carbocycles. The van der Waals surface area contributed by atoms with E-state index in [9.17, 15) is 14.0 Å². The molecule has 1 aliphatic rings. The van der Waals surface area contributed by atoms with Crippen molar-refractivity contribution < 1.29 is 14.0 Å². The number of carbonyl (C=O) groups excluding carboxylic acids is 2. The highest BCUT2D eigenvalue weighted by atomic mass is 32.2. The van der Waals surface area contributed by atoms with Crippen LogP contribution < -0.4 is 10.2 Å². The van der Waals surface area contributed by atoms with Gasteiger partial charge >= 0.3 is 0 Å². The van der Waals surface area contributed by atoms with Crippen molar-refractivity contribution in [2.75, 3.05) is 17.2 Å². The Balaban J connectivity index is 1.55. The maximum atomic E-state index is 13.1. The molecular formula is C18H17FN2O2S. The molecule has 0 saturated heterocycles. The number of hydrogen-bond donors (Lipinski definition) is 1. The molecule has 24 heavy (non-hydrogen) atoms. The smallest absolute Gasteiger partial charge is 0.237 e. The lowest BCUT2D eigenvalue weighted by Crippen LogP contribution is -2.38. The Morgan fingerprint density at radius 1 is 1.21 bits per heavy atom. The first kappa shape index (κ1) is 16.5. The van der Waals surface area contributed by atoms with Crippen molar-refractivity contribution in [2.45, 2.75) is 17.9 Å². The van der Waals surface area contributed by atoms with Crippen LogP contribution in [0.3, 0.4) is 0 Å². The van der Waals surface area contributed by atoms with Crippen LogP contribution in [0.5, 0.6) is 0 Å². The number of nitrogens with one attached hydrogen (secondary N) is 1. The van der Waals surface area contributed by atoms with E-state index >= 15 is 0 Å². The van der Waals surface area contributed by atoms with Crippen molar-refractivity contribution in [3.63, 3.8) is 0 Å². The molecule has 0 spiro atoms. The zero-order valence-corrected chi connectivity index (χ0v) is 13.8. The Morgan fingerprint density at radius 2 is 2.04 bits per heavy atom. The summed E-state index contributed by atoms with van der Waals surface area (Å²) in [5.74, 6) is -0.0868. The largest absolute Gasteiger partial charge is 0.352 e. The van der Waals surface area contributed by atoms with Crippen molar-refractivity contribution in [3.8, 4) is 0 Å². The zero-order chi connectivity index (χ0) is 16.9. The molecule has 2 amide bonds. The van der Waals surface area contributed by atoms with Crippen molar-refractivity contribution in [3.05, 3.63) is 59.9 Å². The number of para-hydroxylation sites is 1. The normalized spacial score (nSPS) is 13.5. The molecule has 1 aliphatic heterocycles. The Kier molecular flexibility index (Phi) is 5.15. The van der Waals surface area contributed by atoms with Gasteiger partial charge in [-0.15, -0.1) is 11.8 Å². The molecule has 2 aromatic rings. The molecule has 0 unspecified atom stereocenters. The summed E-state index contributed by atoms with van der Waals surface area (Å²) in [7, 11) is 0. The van der Waals surface area contributed by atoms with Gasteiger partial charge in [0, 0.05) is 24.4 Å². The Hall–Kier alpha value is -2.34. The lowest BCUT2D eigenvalue weighted by atomic mass is 10.2. The number of rotatable bonds is 5. The monoisotopic (exact) mass is 344 g/mol. The number of amides is 2. The van der Waals surface area contributed by atoms with Gasteiger partial charge in [0.25, 0.3) is 0 Å². The van der Waals surface area contributed by atoms with Crippen molar-refractivity contribution in [1.29, 1.82) is 0 Å². The summed E-state index contributed by atoms with van der Waals surface area (Å²) < 4.78 is 13.1. The predicted octanol–water partition coefficient (Wildman–Crippen LogP) is 2.97. The summed E-state index contributed by atoms with van der Waals surface area (Å²) in [6, 6.07) is 13.8. The maximum absolute atomic E-state index is 13.1. The minimum absolute atomic E-state index is 0.0108. The lowest BCUT2D eigenvalue weighted by Gasteiger charge is -2.28. The Morgan fingerprint density at radius 3 is 2.88 bits per heavy atom. The van der Waals surface area contributed by atoms with Gasteiger partial charge in [0.05, 0.1) is 11.4 Å². The topological polar surface area (TPSA) is 49.4 Å². The summed E-state index contributed by atoms with van der Waals surface area (Å²) in [6.07, 6.45) is 0.208. The molecule has 2 aromatic carbocycles. The second-order valence-electron chi connectivity index (χ2n) is 5.46. The molecule has 6 heteroatoms. The fourth-order valence-electron chi connectivity index (χ4n) is 2.55. The van der Waals surface area contributed by atoms with Crippen LogP contribution >= 0.6 is 11.8 Å². The van der Waals surface area contributed by atoms with Crippen LogP contribution in [-0.4, -0.2) is 24.1 Å². The summed E-state index contributed by atoms with van der Waals surface area (Å²) in [5.41, 5.74) is 1.57. The molecule has 4 nitrogen and oxygen atoms in total. The third kappa shape index (κ3) is 3.94. The van der Waals surface area contributed by atoms with E-state index in [0.29, 0.717) is 17.9 Å². The molecule has 0 aromatic heterocycles. The minimum Gasteiger partial charge on any atom is -0.352 e. The van der Waals surface area contributed by atoms with Gasteiger partial charge in [0.15, 0.2) is 0 Å². The number of benzene rings is 2. The summed E-state index contributed by atoms with van der Waals surface area (Å²) in [5, 5.41) is 2.76. The first-order valence-electron chi connectivity index (χ1n) is 7.67. The number of fused-ring (bicyclic) bond motifs is 1. The van der Waals surface area contributed by atoms with E-state index in [-0.39, 0.29) is 30.6 Å². The average Bonchev–Trinajstić information content (AvgIpc) is 2.59. The van der Waals surface area contributed by atoms with Gasteiger partial charge in [-0.1, -0.05) is 24.3 Å². The van der Waals surface area contributed by atoms with E-state index in [1.807, 2.05) is 24.3 Å². The van der Waals surface area contributed by atoms with Crippen molar-refractivity contribution in [1.82, 2.24) is 5.32 Å². The number of carbonyl (C=O) groups is 2. The third-order valence-electron chi connectivity index (χ3n) is 3.75. The van der Waals surface area contributed by atoms with Crippen molar-refractivity contribution in [2.24, 2.45) is 0 Å². The molecular weight excluding hydrogens is 327 g/mol. The van der Waals surface area contributed by atoms with Gasteiger partial charge in [0.2, 0.25) is 11.8 Å². The first-order chi connectivity index (χ1) is 11.6. The quantitative estimate of drug-likeness (QED) is 0.907. The highest BCUT2D eigenvalue weighted by Gasteiger charge is 2.24. The molecule has 0 fully saturated rings. The number of anilines is 1. The van der Waals surface area contributed by atoms with Gasteiger partial charge in [0.1, 0.15) is 5.82 Å². The first-order valence-corrected chi connectivity index (χ1v) is 8.65.